The molecule has 0 saturated heterocycles. The Bertz CT molecular complexity index is 1580. The van der Waals surface area contributed by atoms with E-state index in [0.29, 0.717) is 22.9 Å². The number of anilines is 1. The van der Waals surface area contributed by atoms with Gasteiger partial charge < -0.3 is 10.1 Å². The average Bonchev–Trinajstić information content (AvgIpc) is 3.30. The van der Waals surface area contributed by atoms with Gasteiger partial charge in [0.1, 0.15) is 22.7 Å². The highest BCUT2D eigenvalue weighted by molar-refractivity contribution is 7.16. The van der Waals surface area contributed by atoms with Crippen molar-refractivity contribution in [1.82, 2.24) is 19.7 Å². The molecular weight excluding hydrogens is 457 g/mol. The summed E-state index contributed by atoms with van der Waals surface area (Å²) in [6.45, 7) is 1.61. The number of halogens is 1. The Morgan fingerprint density at radius 1 is 1.09 bits per heavy atom. The minimum atomic E-state index is -0.512. The standard InChI is InChI=1S/C24H16FN5O3S/c1-14-11-20(31)30(17-4-2-3-15(25)12-17)29-21(14)22(32)28-16-5-7-18(8-6-16)33-23-19-9-10-34-24(19)27-13-26-23/h2-13H,1H3,(H,28,32). The second-order valence-corrected chi connectivity index (χ2v) is 8.20. The number of nitrogens with zero attached hydrogens (tertiary/aromatic N) is 4. The third-order valence-electron chi connectivity index (χ3n) is 4.94. The van der Waals surface area contributed by atoms with E-state index in [2.05, 4.69) is 20.4 Å². The first-order valence-corrected chi connectivity index (χ1v) is 11.0. The minimum absolute atomic E-state index is 0.0463. The molecule has 3 heterocycles. The minimum Gasteiger partial charge on any atom is -0.438 e. The van der Waals surface area contributed by atoms with Crippen molar-refractivity contribution in [3.8, 4) is 17.3 Å². The van der Waals surface area contributed by atoms with Crippen LogP contribution in [0, 0.1) is 12.7 Å². The number of aryl methyl sites for hydroxylation is 1. The molecule has 3 aromatic heterocycles. The number of carbonyl (C=O) groups excluding carboxylic acids is 1. The summed E-state index contributed by atoms with van der Waals surface area (Å²) in [6, 6.07) is 15.4. The lowest BCUT2D eigenvalue weighted by atomic mass is 10.2. The van der Waals surface area contributed by atoms with E-state index >= 15 is 0 Å². The Kier molecular flexibility index (Phi) is 5.56. The van der Waals surface area contributed by atoms with Gasteiger partial charge in [-0.05, 0) is 66.4 Å². The molecule has 8 nitrogen and oxygen atoms in total. The predicted molar refractivity (Wildman–Crippen MR) is 126 cm³/mol. The molecule has 0 aliphatic heterocycles. The van der Waals surface area contributed by atoms with Crippen molar-refractivity contribution in [3.63, 3.8) is 0 Å². The van der Waals surface area contributed by atoms with Crippen LogP contribution in [0.25, 0.3) is 15.9 Å². The molecule has 0 saturated carbocycles. The molecule has 0 bridgehead atoms. The molecule has 5 rings (SSSR count). The zero-order valence-corrected chi connectivity index (χ0v) is 18.5. The summed E-state index contributed by atoms with van der Waals surface area (Å²) < 4.78 is 20.5. The zero-order chi connectivity index (χ0) is 23.7. The fourth-order valence-corrected chi connectivity index (χ4v) is 4.04. The third kappa shape index (κ3) is 4.26. The number of hydrogen-bond donors (Lipinski definition) is 1. The van der Waals surface area contributed by atoms with Gasteiger partial charge in [-0.1, -0.05) is 6.07 Å². The summed E-state index contributed by atoms with van der Waals surface area (Å²) in [6.07, 6.45) is 1.45. The number of hydrogen-bond acceptors (Lipinski definition) is 7. The molecule has 0 fully saturated rings. The largest absolute Gasteiger partial charge is 0.438 e. The highest BCUT2D eigenvalue weighted by Gasteiger charge is 2.16. The molecule has 168 valence electrons. The van der Waals surface area contributed by atoms with Gasteiger partial charge in [0.2, 0.25) is 5.88 Å². The Balaban J connectivity index is 1.36. The first kappa shape index (κ1) is 21.4. The number of aromatic nitrogens is 4. The number of fused-ring (bicyclic) bond motifs is 1. The second-order valence-electron chi connectivity index (χ2n) is 7.30. The number of ether oxygens (including phenoxy) is 1. The molecule has 0 aliphatic rings. The normalized spacial score (nSPS) is 10.9. The Hall–Kier alpha value is -4.44. The van der Waals surface area contributed by atoms with Crippen LogP contribution in [0.3, 0.4) is 0 Å². The number of nitrogens with one attached hydrogen (secondary N) is 1. The van der Waals surface area contributed by atoms with Gasteiger partial charge in [0.15, 0.2) is 5.69 Å². The smallest absolute Gasteiger partial charge is 0.276 e. The van der Waals surface area contributed by atoms with Crippen molar-refractivity contribution in [2.75, 3.05) is 5.32 Å². The van der Waals surface area contributed by atoms with Crippen LogP contribution in [0.4, 0.5) is 10.1 Å². The van der Waals surface area contributed by atoms with Crippen molar-refractivity contribution in [1.29, 1.82) is 0 Å². The van der Waals surface area contributed by atoms with E-state index in [-0.39, 0.29) is 11.4 Å². The maximum atomic E-state index is 13.6. The highest BCUT2D eigenvalue weighted by Crippen LogP contribution is 2.29. The number of carbonyl (C=O) groups is 1. The first-order valence-electron chi connectivity index (χ1n) is 10.1. The van der Waals surface area contributed by atoms with Crippen molar-refractivity contribution in [2.45, 2.75) is 6.92 Å². The second kappa shape index (κ2) is 8.83. The van der Waals surface area contributed by atoms with E-state index in [0.717, 1.165) is 14.9 Å². The van der Waals surface area contributed by atoms with Gasteiger partial charge >= 0.3 is 0 Å². The zero-order valence-electron chi connectivity index (χ0n) is 17.7. The van der Waals surface area contributed by atoms with Crippen molar-refractivity contribution >= 4 is 33.1 Å². The fourth-order valence-electron chi connectivity index (χ4n) is 3.32. The molecule has 0 atom stereocenters. The van der Waals surface area contributed by atoms with E-state index in [1.54, 1.807) is 31.2 Å². The lowest BCUT2D eigenvalue weighted by molar-refractivity contribution is 0.102. The van der Waals surface area contributed by atoms with Crippen LogP contribution in [0.2, 0.25) is 0 Å². The molecule has 1 N–H and O–H groups in total. The lowest BCUT2D eigenvalue weighted by Gasteiger charge is -2.11. The molecule has 0 aliphatic carbocycles. The van der Waals surface area contributed by atoms with E-state index in [9.17, 15) is 14.0 Å². The quantitative estimate of drug-likeness (QED) is 0.396. The van der Waals surface area contributed by atoms with Crippen LogP contribution >= 0.6 is 11.3 Å². The van der Waals surface area contributed by atoms with Crippen LogP contribution < -0.4 is 15.6 Å². The van der Waals surface area contributed by atoms with Gasteiger partial charge in [0, 0.05) is 11.8 Å². The van der Waals surface area contributed by atoms with Crippen LogP contribution in [0.15, 0.2) is 77.2 Å². The molecule has 34 heavy (non-hydrogen) atoms. The SMILES string of the molecule is Cc1cc(=O)n(-c2cccc(F)c2)nc1C(=O)Nc1ccc(Oc2ncnc3sccc23)cc1. The summed E-state index contributed by atoms with van der Waals surface area (Å²) in [7, 11) is 0. The van der Waals surface area contributed by atoms with Gasteiger partial charge in [-0.25, -0.2) is 14.4 Å². The van der Waals surface area contributed by atoms with Crippen LogP contribution in [-0.2, 0) is 0 Å². The molecular formula is C24H16FN5O3S. The molecule has 0 radical (unpaired) electrons. The van der Waals surface area contributed by atoms with Crippen molar-refractivity contribution in [3.05, 3.63) is 99.8 Å². The third-order valence-corrected chi connectivity index (χ3v) is 5.76. The number of thiophene rings is 1. The van der Waals surface area contributed by atoms with Crippen molar-refractivity contribution in [2.24, 2.45) is 0 Å². The first-order chi connectivity index (χ1) is 16.5. The monoisotopic (exact) mass is 473 g/mol. The molecule has 1 amide bonds. The summed E-state index contributed by atoms with van der Waals surface area (Å²) in [4.78, 5) is 34.5. The van der Waals surface area contributed by atoms with Crippen LogP contribution in [0.1, 0.15) is 16.1 Å². The maximum absolute atomic E-state index is 13.6. The number of amides is 1. The van der Waals surface area contributed by atoms with Crippen molar-refractivity contribution < 1.29 is 13.9 Å². The molecule has 2 aromatic carbocycles. The molecule has 10 heteroatoms. The summed E-state index contributed by atoms with van der Waals surface area (Å²) in [5.41, 5.74) is 0.713. The van der Waals surface area contributed by atoms with Gasteiger partial charge in [0.25, 0.3) is 11.5 Å². The Morgan fingerprint density at radius 2 is 1.91 bits per heavy atom. The Labute approximate surface area is 196 Å². The summed E-state index contributed by atoms with van der Waals surface area (Å²) >= 11 is 1.50. The fraction of sp³-hybridized carbons (Fsp3) is 0.0417. The topological polar surface area (TPSA) is 99.0 Å². The van der Waals surface area contributed by atoms with Gasteiger partial charge in [-0.2, -0.15) is 9.78 Å². The van der Waals surface area contributed by atoms with E-state index in [4.69, 9.17) is 4.74 Å². The van der Waals surface area contributed by atoms with E-state index in [1.807, 2.05) is 11.4 Å². The van der Waals surface area contributed by atoms with Crippen LogP contribution in [0.5, 0.6) is 11.6 Å². The molecule has 5 aromatic rings. The number of rotatable bonds is 5. The van der Waals surface area contributed by atoms with Crippen LogP contribution in [-0.4, -0.2) is 25.7 Å². The predicted octanol–water partition coefficient (Wildman–Crippen LogP) is 4.73. The van der Waals surface area contributed by atoms with E-state index in [1.165, 1.54) is 48.0 Å². The maximum Gasteiger partial charge on any atom is 0.276 e. The van der Waals surface area contributed by atoms with Gasteiger partial charge in [-0.3, -0.25) is 9.59 Å². The van der Waals surface area contributed by atoms with E-state index < -0.39 is 17.3 Å². The molecule has 0 spiro atoms. The average molecular weight is 473 g/mol. The van der Waals surface area contributed by atoms with Gasteiger partial charge in [-0.15, -0.1) is 11.3 Å². The Morgan fingerprint density at radius 3 is 2.71 bits per heavy atom. The highest BCUT2D eigenvalue weighted by atomic mass is 32.1. The molecule has 0 unspecified atom stereocenters. The lowest BCUT2D eigenvalue weighted by Crippen LogP contribution is -2.26. The summed E-state index contributed by atoms with van der Waals surface area (Å²) in [5, 5.41) is 9.65. The van der Waals surface area contributed by atoms with Gasteiger partial charge in [0.05, 0.1) is 11.1 Å². The number of benzene rings is 2. The summed E-state index contributed by atoms with van der Waals surface area (Å²) in [5.74, 6) is -0.0329.